The number of sulfonamides is 1. The van der Waals surface area contributed by atoms with Crippen molar-refractivity contribution in [2.24, 2.45) is 0 Å². The molecule has 0 atom stereocenters. The van der Waals surface area contributed by atoms with E-state index in [-0.39, 0.29) is 22.8 Å². The lowest BCUT2D eigenvalue weighted by atomic mass is 10.1. The molecule has 2 aromatic carbocycles. The molecular formula is C25H21N5O4S. The number of anilines is 1. The number of benzene rings is 2. The maximum Gasteiger partial charge on any atom is 0.270 e. The molecule has 1 aliphatic heterocycles. The summed E-state index contributed by atoms with van der Waals surface area (Å²) in [4.78, 5) is 34.8. The zero-order valence-electron chi connectivity index (χ0n) is 18.5. The van der Waals surface area contributed by atoms with Crippen molar-refractivity contribution in [3.63, 3.8) is 0 Å². The van der Waals surface area contributed by atoms with Gasteiger partial charge in [-0.1, -0.05) is 24.3 Å². The van der Waals surface area contributed by atoms with Crippen LogP contribution in [-0.2, 0) is 10.0 Å². The first-order chi connectivity index (χ1) is 16.9. The number of rotatable bonds is 6. The molecule has 1 fully saturated rings. The highest BCUT2D eigenvalue weighted by molar-refractivity contribution is 7.92. The summed E-state index contributed by atoms with van der Waals surface area (Å²) in [5, 5.41) is 3.66. The summed E-state index contributed by atoms with van der Waals surface area (Å²) in [5.74, 6) is -0.519. The van der Waals surface area contributed by atoms with E-state index in [1.54, 1.807) is 53.7 Å². The van der Waals surface area contributed by atoms with Gasteiger partial charge in [0.05, 0.1) is 22.1 Å². The molecule has 0 aliphatic carbocycles. The molecule has 0 radical (unpaired) electrons. The Morgan fingerprint density at radius 3 is 2.34 bits per heavy atom. The summed E-state index contributed by atoms with van der Waals surface area (Å²) in [6.07, 6.45) is 3.15. The highest BCUT2D eigenvalue weighted by Crippen LogP contribution is 2.24. The second-order valence-electron chi connectivity index (χ2n) is 8.11. The third-order valence-electron chi connectivity index (χ3n) is 5.69. The van der Waals surface area contributed by atoms with Crippen molar-refractivity contribution in [1.82, 2.24) is 20.2 Å². The van der Waals surface area contributed by atoms with Crippen molar-refractivity contribution < 1.29 is 18.0 Å². The lowest BCUT2D eigenvalue weighted by Gasteiger charge is -2.39. The first-order valence-electron chi connectivity index (χ1n) is 10.9. The summed E-state index contributed by atoms with van der Waals surface area (Å²) < 4.78 is 28.4. The number of pyridine rings is 2. The van der Waals surface area contributed by atoms with Gasteiger partial charge < -0.3 is 10.2 Å². The number of para-hydroxylation sites is 1. The van der Waals surface area contributed by atoms with Crippen LogP contribution in [0.2, 0.25) is 0 Å². The van der Waals surface area contributed by atoms with Crippen LogP contribution in [0.15, 0.2) is 90.1 Å². The van der Waals surface area contributed by atoms with Crippen molar-refractivity contribution in [2.75, 3.05) is 17.8 Å². The topological polar surface area (TPSA) is 121 Å². The number of nitrogens with one attached hydrogen (secondary N) is 2. The van der Waals surface area contributed by atoms with Crippen LogP contribution in [0.4, 0.5) is 5.69 Å². The highest BCUT2D eigenvalue weighted by Gasteiger charge is 2.32. The SMILES string of the molecule is O=C(NC1CN(C(=O)c2ccc(S(=O)(=O)Nc3cccc4cccnc34)cc2)C1)c1ccccn1. The summed E-state index contributed by atoms with van der Waals surface area (Å²) in [7, 11) is -3.88. The van der Waals surface area contributed by atoms with E-state index < -0.39 is 10.0 Å². The van der Waals surface area contributed by atoms with E-state index in [1.165, 1.54) is 24.3 Å². The van der Waals surface area contributed by atoms with Crippen molar-refractivity contribution in [3.8, 4) is 0 Å². The summed E-state index contributed by atoms with van der Waals surface area (Å²) >= 11 is 0. The van der Waals surface area contributed by atoms with Crippen LogP contribution >= 0.6 is 0 Å². The third kappa shape index (κ3) is 4.69. The zero-order chi connectivity index (χ0) is 24.4. The molecule has 5 rings (SSSR count). The summed E-state index contributed by atoms with van der Waals surface area (Å²) in [5.41, 5.74) is 1.61. The molecule has 1 aliphatic rings. The van der Waals surface area contributed by atoms with E-state index in [4.69, 9.17) is 0 Å². The molecule has 2 N–H and O–H groups in total. The number of aromatic nitrogens is 2. The Kier molecular flexibility index (Phi) is 5.87. The Balaban J connectivity index is 1.22. The average Bonchev–Trinajstić information content (AvgIpc) is 2.86. The number of hydrogen-bond donors (Lipinski definition) is 2. The first-order valence-corrected chi connectivity index (χ1v) is 12.4. The largest absolute Gasteiger partial charge is 0.344 e. The lowest BCUT2D eigenvalue weighted by molar-refractivity contribution is 0.0541. The van der Waals surface area contributed by atoms with Crippen molar-refractivity contribution in [1.29, 1.82) is 0 Å². The second kappa shape index (κ2) is 9.15. The van der Waals surface area contributed by atoms with E-state index in [0.717, 1.165) is 5.39 Å². The van der Waals surface area contributed by atoms with Gasteiger partial charge in [0.15, 0.2) is 0 Å². The fourth-order valence-electron chi connectivity index (χ4n) is 3.84. The molecule has 0 spiro atoms. The number of carbonyl (C=O) groups is 2. The minimum absolute atomic E-state index is 0.0334. The fourth-order valence-corrected chi connectivity index (χ4v) is 4.91. The van der Waals surface area contributed by atoms with E-state index in [0.29, 0.717) is 35.6 Å². The van der Waals surface area contributed by atoms with Gasteiger partial charge >= 0.3 is 0 Å². The molecule has 0 saturated carbocycles. The molecule has 176 valence electrons. The van der Waals surface area contributed by atoms with Crippen LogP contribution in [-0.4, -0.2) is 54.2 Å². The average molecular weight is 488 g/mol. The van der Waals surface area contributed by atoms with Gasteiger partial charge in [-0.25, -0.2) is 8.42 Å². The molecule has 35 heavy (non-hydrogen) atoms. The smallest absolute Gasteiger partial charge is 0.270 e. The fraction of sp³-hybridized carbons (Fsp3) is 0.120. The van der Waals surface area contributed by atoms with Crippen molar-refractivity contribution >= 4 is 38.4 Å². The van der Waals surface area contributed by atoms with Crippen LogP contribution in [0, 0.1) is 0 Å². The number of hydrogen-bond acceptors (Lipinski definition) is 6. The Labute approximate surface area is 201 Å². The number of amides is 2. The summed E-state index contributed by atoms with van der Waals surface area (Å²) in [6.45, 7) is 0.736. The van der Waals surface area contributed by atoms with Crippen LogP contribution < -0.4 is 10.0 Å². The molecule has 2 amide bonds. The van der Waals surface area contributed by atoms with E-state index in [9.17, 15) is 18.0 Å². The minimum atomic E-state index is -3.88. The normalized spacial score (nSPS) is 13.8. The van der Waals surface area contributed by atoms with Crippen LogP contribution in [0.3, 0.4) is 0 Å². The number of nitrogens with zero attached hydrogens (tertiary/aromatic N) is 3. The molecule has 9 nitrogen and oxygen atoms in total. The van der Waals surface area contributed by atoms with E-state index >= 15 is 0 Å². The van der Waals surface area contributed by atoms with E-state index in [1.807, 2.05) is 12.1 Å². The predicted octanol–water partition coefficient (Wildman–Crippen LogP) is 2.69. The van der Waals surface area contributed by atoms with Gasteiger partial charge in [0.25, 0.3) is 21.8 Å². The summed E-state index contributed by atoms with van der Waals surface area (Å²) in [6, 6.07) is 19.6. The number of carbonyl (C=O) groups excluding carboxylic acids is 2. The zero-order valence-corrected chi connectivity index (χ0v) is 19.3. The standard InChI is InChI=1S/C25H21N5O4S/c31-24(22-7-1-2-13-26-22)28-19-15-30(16-19)25(32)18-9-11-20(12-10-18)35(33,34)29-21-8-3-5-17-6-4-14-27-23(17)21/h1-14,19,29H,15-16H2,(H,28,31). The molecule has 1 saturated heterocycles. The van der Waals surface area contributed by atoms with Gasteiger partial charge in [-0.2, -0.15) is 0 Å². The Morgan fingerprint density at radius 1 is 0.857 bits per heavy atom. The van der Waals surface area contributed by atoms with Crippen molar-refractivity contribution in [2.45, 2.75) is 10.9 Å². The quantitative estimate of drug-likeness (QED) is 0.431. The van der Waals surface area contributed by atoms with Crippen LogP contribution in [0.1, 0.15) is 20.8 Å². The van der Waals surface area contributed by atoms with Gasteiger partial charge in [-0.15, -0.1) is 0 Å². The van der Waals surface area contributed by atoms with Crippen LogP contribution in [0.5, 0.6) is 0 Å². The van der Waals surface area contributed by atoms with Gasteiger partial charge in [-0.3, -0.25) is 24.3 Å². The third-order valence-corrected chi connectivity index (χ3v) is 7.07. The van der Waals surface area contributed by atoms with Crippen molar-refractivity contribution in [3.05, 3.63) is 96.4 Å². The predicted molar refractivity (Wildman–Crippen MR) is 130 cm³/mol. The molecule has 4 aromatic rings. The van der Waals surface area contributed by atoms with Gasteiger partial charge in [0, 0.05) is 36.4 Å². The van der Waals surface area contributed by atoms with Gasteiger partial charge in [0.1, 0.15) is 5.69 Å². The Hall–Kier alpha value is -4.31. The lowest BCUT2D eigenvalue weighted by Crippen LogP contribution is -2.61. The molecular weight excluding hydrogens is 466 g/mol. The molecule has 0 bridgehead atoms. The molecule has 2 aromatic heterocycles. The first kappa shape index (κ1) is 22.5. The number of likely N-dealkylation sites (tertiary alicyclic amines) is 1. The maximum absolute atomic E-state index is 12.9. The Bertz CT molecular complexity index is 1500. The highest BCUT2D eigenvalue weighted by atomic mass is 32.2. The number of fused-ring (bicyclic) bond motifs is 1. The molecule has 0 unspecified atom stereocenters. The molecule has 10 heteroatoms. The molecule has 3 heterocycles. The Morgan fingerprint density at radius 2 is 1.60 bits per heavy atom. The monoisotopic (exact) mass is 487 g/mol. The van der Waals surface area contributed by atoms with Crippen LogP contribution in [0.25, 0.3) is 10.9 Å². The van der Waals surface area contributed by atoms with E-state index in [2.05, 4.69) is 20.0 Å². The second-order valence-corrected chi connectivity index (χ2v) is 9.79. The van der Waals surface area contributed by atoms with Gasteiger partial charge in [0.2, 0.25) is 0 Å². The maximum atomic E-state index is 12.9. The van der Waals surface area contributed by atoms with Gasteiger partial charge in [-0.05, 0) is 48.5 Å². The minimum Gasteiger partial charge on any atom is -0.344 e.